The highest BCUT2D eigenvalue weighted by Crippen LogP contribution is 2.34. The van der Waals surface area contributed by atoms with E-state index >= 15 is 0 Å². The molecule has 0 atom stereocenters. The van der Waals surface area contributed by atoms with E-state index in [-0.39, 0.29) is 23.5 Å². The zero-order valence-corrected chi connectivity index (χ0v) is 16.7. The van der Waals surface area contributed by atoms with Gasteiger partial charge in [-0.25, -0.2) is 9.87 Å². The average Bonchev–Trinajstić information content (AvgIpc) is 2.78. The number of benzene rings is 3. The van der Waals surface area contributed by atoms with Crippen LogP contribution in [0, 0.1) is 5.82 Å². The van der Waals surface area contributed by atoms with E-state index in [2.05, 4.69) is 5.32 Å². The number of nitrogens with one attached hydrogen (secondary N) is 2. The van der Waals surface area contributed by atoms with Gasteiger partial charge in [0.15, 0.2) is 11.5 Å². The summed E-state index contributed by atoms with van der Waals surface area (Å²) in [6, 6.07) is 17.4. The van der Waals surface area contributed by atoms with Crippen LogP contribution >= 0.6 is 0 Å². The van der Waals surface area contributed by atoms with Crippen molar-refractivity contribution >= 4 is 17.5 Å². The highest BCUT2D eigenvalue weighted by Gasteiger charge is 2.16. The smallest absolute Gasteiger partial charge is 0.259 e. The molecule has 3 aromatic rings. The summed E-state index contributed by atoms with van der Waals surface area (Å²) in [5, 5.41) is 11.5. The van der Waals surface area contributed by atoms with Gasteiger partial charge in [-0.05, 0) is 42.3 Å². The Balaban J connectivity index is 1.83. The molecule has 7 nitrogen and oxygen atoms in total. The molecule has 0 fully saturated rings. The highest BCUT2D eigenvalue weighted by molar-refractivity contribution is 6.06. The van der Waals surface area contributed by atoms with E-state index < -0.39 is 17.6 Å². The molecule has 0 aliphatic rings. The van der Waals surface area contributed by atoms with Crippen molar-refractivity contribution in [1.29, 1.82) is 0 Å². The van der Waals surface area contributed by atoms with Crippen molar-refractivity contribution in [3.05, 3.63) is 83.7 Å². The molecule has 0 aromatic heterocycles. The summed E-state index contributed by atoms with van der Waals surface area (Å²) < 4.78 is 24.7. The third-order valence-corrected chi connectivity index (χ3v) is 4.49. The fourth-order valence-electron chi connectivity index (χ4n) is 2.95. The Morgan fingerprint density at radius 1 is 0.968 bits per heavy atom. The fourth-order valence-corrected chi connectivity index (χ4v) is 2.95. The molecule has 3 N–H and O–H groups in total. The average molecular weight is 424 g/mol. The van der Waals surface area contributed by atoms with E-state index in [4.69, 9.17) is 14.7 Å². The molecule has 160 valence electrons. The van der Waals surface area contributed by atoms with Crippen molar-refractivity contribution in [2.45, 2.75) is 12.8 Å². The fraction of sp³-hybridized carbons (Fsp3) is 0.130. The van der Waals surface area contributed by atoms with Gasteiger partial charge in [0.05, 0.1) is 12.7 Å². The molecule has 0 aliphatic heterocycles. The second-order valence-corrected chi connectivity index (χ2v) is 6.54. The molecular weight excluding hydrogens is 403 g/mol. The van der Waals surface area contributed by atoms with Crippen LogP contribution in [-0.2, 0) is 11.2 Å². The second kappa shape index (κ2) is 10.2. The van der Waals surface area contributed by atoms with Gasteiger partial charge in [-0.3, -0.25) is 14.8 Å². The Morgan fingerprint density at radius 2 is 1.71 bits per heavy atom. The van der Waals surface area contributed by atoms with E-state index in [1.807, 2.05) is 0 Å². The molecule has 8 heteroatoms. The van der Waals surface area contributed by atoms with E-state index in [1.165, 1.54) is 25.3 Å². The Kier molecular flexibility index (Phi) is 7.18. The van der Waals surface area contributed by atoms with Crippen LogP contribution in [0.5, 0.6) is 17.2 Å². The number of hydroxylamine groups is 1. The van der Waals surface area contributed by atoms with E-state index in [1.54, 1.807) is 54.0 Å². The predicted molar refractivity (Wildman–Crippen MR) is 112 cm³/mol. The van der Waals surface area contributed by atoms with Crippen LogP contribution in [0.4, 0.5) is 10.1 Å². The quantitative estimate of drug-likeness (QED) is 0.370. The maximum Gasteiger partial charge on any atom is 0.259 e. The Bertz CT molecular complexity index is 1090. The topological polar surface area (TPSA) is 96.9 Å². The first kappa shape index (κ1) is 21.8. The van der Waals surface area contributed by atoms with Crippen LogP contribution in [0.25, 0.3) is 0 Å². The third-order valence-electron chi connectivity index (χ3n) is 4.49. The minimum absolute atomic E-state index is 0.0580. The molecule has 0 heterocycles. The SMILES string of the molecule is COc1ccc(F)cc1Oc1ccccc1C(=O)Nc1ccccc1CCC(=O)NO. The zero-order valence-electron chi connectivity index (χ0n) is 16.7. The first-order chi connectivity index (χ1) is 15.0. The number of hydrogen-bond acceptors (Lipinski definition) is 5. The summed E-state index contributed by atoms with van der Waals surface area (Å²) in [5.41, 5.74) is 3.07. The van der Waals surface area contributed by atoms with Crippen LogP contribution in [-0.4, -0.2) is 24.1 Å². The lowest BCUT2D eigenvalue weighted by Crippen LogP contribution is -2.19. The number of aryl methyl sites for hydroxylation is 1. The Morgan fingerprint density at radius 3 is 2.48 bits per heavy atom. The number of rotatable bonds is 8. The number of hydrogen-bond donors (Lipinski definition) is 3. The maximum absolute atomic E-state index is 13.7. The normalized spacial score (nSPS) is 10.3. The maximum atomic E-state index is 13.7. The molecule has 0 unspecified atom stereocenters. The van der Waals surface area contributed by atoms with Gasteiger partial charge in [0.25, 0.3) is 5.91 Å². The van der Waals surface area contributed by atoms with E-state index in [0.717, 1.165) is 5.56 Å². The van der Waals surface area contributed by atoms with Crippen molar-refractivity contribution in [2.24, 2.45) is 0 Å². The molecule has 0 bridgehead atoms. The van der Waals surface area contributed by atoms with Crippen LogP contribution in [0.1, 0.15) is 22.3 Å². The van der Waals surface area contributed by atoms with Gasteiger partial charge < -0.3 is 14.8 Å². The summed E-state index contributed by atoms with van der Waals surface area (Å²) in [7, 11) is 1.44. The standard InChI is InChI=1S/C23H21FN2O5/c1-30-20-12-11-16(24)14-21(20)31-19-9-5-3-7-17(19)23(28)25-18-8-4-2-6-15(18)10-13-22(27)26-29/h2-9,11-12,14,29H,10,13H2,1H3,(H,25,28)(H,26,27). The van der Waals surface area contributed by atoms with Crippen molar-refractivity contribution in [3.63, 3.8) is 0 Å². The van der Waals surface area contributed by atoms with Crippen LogP contribution in [0.3, 0.4) is 0 Å². The summed E-state index contributed by atoms with van der Waals surface area (Å²) >= 11 is 0. The lowest BCUT2D eigenvalue weighted by Gasteiger charge is -2.15. The minimum atomic E-state index is -0.524. The van der Waals surface area contributed by atoms with Crippen molar-refractivity contribution in [3.8, 4) is 17.2 Å². The molecule has 2 amide bonds. The molecule has 0 aliphatic carbocycles. The lowest BCUT2D eigenvalue weighted by molar-refractivity contribution is -0.129. The third kappa shape index (κ3) is 5.58. The Labute approximate surface area is 178 Å². The van der Waals surface area contributed by atoms with Gasteiger partial charge in [-0.2, -0.15) is 0 Å². The molecule has 0 radical (unpaired) electrons. The monoisotopic (exact) mass is 424 g/mol. The largest absolute Gasteiger partial charge is 0.493 e. The first-order valence-electron chi connectivity index (χ1n) is 9.44. The number of halogens is 1. The van der Waals surface area contributed by atoms with Gasteiger partial charge in [0.2, 0.25) is 5.91 Å². The van der Waals surface area contributed by atoms with Crippen molar-refractivity contribution in [2.75, 3.05) is 12.4 Å². The number of methoxy groups -OCH3 is 1. The lowest BCUT2D eigenvalue weighted by atomic mass is 10.1. The highest BCUT2D eigenvalue weighted by atomic mass is 19.1. The molecular formula is C23H21FN2O5. The van der Waals surface area contributed by atoms with E-state index in [0.29, 0.717) is 17.9 Å². The number of carbonyl (C=O) groups is 2. The number of ether oxygens (including phenoxy) is 2. The number of amides is 2. The van der Waals surface area contributed by atoms with Crippen molar-refractivity contribution in [1.82, 2.24) is 5.48 Å². The summed E-state index contributed by atoms with van der Waals surface area (Å²) in [6.07, 6.45) is 0.379. The summed E-state index contributed by atoms with van der Waals surface area (Å²) in [4.78, 5) is 24.3. The number of anilines is 1. The van der Waals surface area contributed by atoms with Gasteiger partial charge >= 0.3 is 0 Å². The van der Waals surface area contributed by atoms with Crippen LogP contribution in [0.2, 0.25) is 0 Å². The van der Waals surface area contributed by atoms with Gasteiger partial charge in [0, 0.05) is 18.2 Å². The zero-order chi connectivity index (χ0) is 22.2. The second-order valence-electron chi connectivity index (χ2n) is 6.54. The molecule has 3 aromatic carbocycles. The first-order valence-corrected chi connectivity index (χ1v) is 9.44. The minimum Gasteiger partial charge on any atom is -0.493 e. The Hall–Kier alpha value is -3.91. The summed E-state index contributed by atoms with van der Waals surface area (Å²) in [6.45, 7) is 0. The van der Waals surface area contributed by atoms with Crippen LogP contribution in [0.15, 0.2) is 66.7 Å². The molecule has 0 spiro atoms. The molecule has 31 heavy (non-hydrogen) atoms. The van der Waals surface area contributed by atoms with Gasteiger partial charge in [-0.15, -0.1) is 0 Å². The van der Waals surface area contributed by atoms with Crippen molar-refractivity contribution < 1.29 is 28.7 Å². The number of carbonyl (C=O) groups excluding carboxylic acids is 2. The van der Waals surface area contributed by atoms with Gasteiger partial charge in [-0.1, -0.05) is 30.3 Å². The molecule has 0 saturated heterocycles. The van der Waals surface area contributed by atoms with Gasteiger partial charge in [0.1, 0.15) is 11.6 Å². The number of para-hydroxylation sites is 2. The van der Waals surface area contributed by atoms with Crippen LogP contribution < -0.4 is 20.3 Å². The van der Waals surface area contributed by atoms with E-state index in [9.17, 15) is 14.0 Å². The molecule has 0 saturated carbocycles. The summed E-state index contributed by atoms with van der Waals surface area (Å²) in [5.74, 6) is -0.782. The molecule has 3 rings (SSSR count). The predicted octanol–water partition coefficient (Wildman–Crippen LogP) is 4.32.